The lowest BCUT2D eigenvalue weighted by Crippen LogP contribution is -2.23. The summed E-state index contributed by atoms with van der Waals surface area (Å²) >= 11 is 1.54. The van der Waals surface area contributed by atoms with Gasteiger partial charge in [0.25, 0.3) is 0 Å². The standard InChI is InChI=1S/C6H9N3S/c1-4-9-5(2-7)6(3-8)10-4/h2-3H,7-8H2,1H3/b5-2+,6-3+. The van der Waals surface area contributed by atoms with Gasteiger partial charge in [-0.05, 0) is 6.92 Å². The van der Waals surface area contributed by atoms with Gasteiger partial charge in [0.2, 0.25) is 0 Å². The van der Waals surface area contributed by atoms with Crippen molar-refractivity contribution in [1.82, 2.24) is 4.98 Å². The molecule has 4 N–H and O–H groups in total. The maximum Gasteiger partial charge on any atom is 0.0984 e. The van der Waals surface area contributed by atoms with E-state index in [0.29, 0.717) is 0 Å². The summed E-state index contributed by atoms with van der Waals surface area (Å²) in [6.07, 6.45) is 2.98. The van der Waals surface area contributed by atoms with Gasteiger partial charge in [0.15, 0.2) is 0 Å². The molecule has 0 spiro atoms. The Morgan fingerprint density at radius 2 is 2.10 bits per heavy atom. The summed E-state index contributed by atoms with van der Waals surface area (Å²) in [6.45, 7) is 1.92. The van der Waals surface area contributed by atoms with E-state index in [1.165, 1.54) is 23.7 Å². The molecular formula is C6H9N3S. The molecule has 4 heteroatoms. The van der Waals surface area contributed by atoms with E-state index in [4.69, 9.17) is 11.5 Å². The number of aromatic nitrogens is 1. The lowest BCUT2D eigenvalue weighted by Gasteiger charge is -1.70. The number of hydrogen-bond donors (Lipinski definition) is 2. The Morgan fingerprint density at radius 3 is 2.50 bits per heavy atom. The van der Waals surface area contributed by atoms with E-state index in [-0.39, 0.29) is 0 Å². The van der Waals surface area contributed by atoms with Crippen LogP contribution in [0.4, 0.5) is 0 Å². The first-order chi connectivity index (χ1) is 4.77. The zero-order valence-corrected chi connectivity index (χ0v) is 6.48. The van der Waals surface area contributed by atoms with Crippen molar-refractivity contribution in [2.45, 2.75) is 6.92 Å². The third-order valence-corrected chi connectivity index (χ3v) is 2.05. The van der Waals surface area contributed by atoms with Crippen molar-refractivity contribution in [3.63, 3.8) is 0 Å². The monoisotopic (exact) mass is 155 g/mol. The Labute approximate surface area is 62.7 Å². The molecule has 0 aromatic carbocycles. The molecule has 1 rings (SSSR count). The summed E-state index contributed by atoms with van der Waals surface area (Å²) in [4.78, 5) is 4.13. The molecule has 0 radical (unpaired) electrons. The van der Waals surface area contributed by atoms with Crippen LogP contribution in [0.3, 0.4) is 0 Å². The molecular weight excluding hydrogens is 146 g/mol. The number of nitrogens with zero attached hydrogens (tertiary/aromatic N) is 1. The number of thiazole rings is 1. The summed E-state index contributed by atoms with van der Waals surface area (Å²) in [7, 11) is 0. The van der Waals surface area contributed by atoms with E-state index in [1.54, 1.807) is 0 Å². The molecule has 0 unspecified atom stereocenters. The quantitative estimate of drug-likeness (QED) is 0.497. The molecule has 1 heterocycles. The molecule has 0 amide bonds. The average Bonchev–Trinajstić information content (AvgIpc) is 2.30. The highest BCUT2D eigenvalue weighted by Crippen LogP contribution is 1.88. The van der Waals surface area contributed by atoms with E-state index in [1.807, 2.05) is 6.92 Å². The SMILES string of the molecule is Cc1nc(=C/N)/c(=C\N)s1. The van der Waals surface area contributed by atoms with Gasteiger partial charge >= 0.3 is 0 Å². The van der Waals surface area contributed by atoms with Crippen LogP contribution in [-0.2, 0) is 0 Å². The van der Waals surface area contributed by atoms with Gasteiger partial charge in [-0.15, -0.1) is 11.3 Å². The van der Waals surface area contributed by atoms with Crippen molar-refractivity contribution in [1.29, 1.82) is 0 Å². The molecule has 0 atom stereocenters. The highest BCUT2D eigenvalue weighted by atomic mass is 32.1. The number of rotatable bonds is 0. The van der Waals surface area contributed by atoms with Gasteiger partial charge in [-0.3, -0.25) is 0 Å². The number of hydrogen-bond acceptors (Lipinski definition) is 4. The summed E-state index contributed by atoms with van der Waals surface area (Å²) in [5.74, 6) is 0. The fraction of sp³-hybridized carbons (Fsp3) is 0.167. The molecule has 54 valence electrons. The largest absolute Gasteiger partial charge is 0.403 e. The minimum absolute atomic E-state index is 0.769. The molecule has 0 aliphatic carbocycles. The molecule has 0 saturated heterocycles. The van der Waals surface area contributed by atoms with E-state index in [0.717, 1.165) is 14.9 Å². The summed E-state index contributed by atoms with van der Waals surface area (Å²) in [5.41, 5.74) is 10.6. The van der Waals surface area contributed by atoms with Crippen LogP contribution in [0.2, 0.25) is 0 Å². The first-order valence-electron chi connectivity index (χ1n) is 2.85. The van der Waals surface area contributed by atoms with Gasteiger partial charge in [-0.1, -0.05) is 0 Å². The van der Waals surface area contributed by atoms with E-state index in [9.17, 15) is 0 Å². The van der Waals surface area contributed by atoms with Gasteiger partial charge in [-0.25, -0.2) is 4.98 Å². The second-order valence-corrected chi connectivity index (χ2v) is 3.05. The van der Waals surface area contributed by atoms with Gasteiger partial charge in [0.05, 0.1) is 14.9 Å². The molecule has 0 aliphatic rings. The first-order valence-corrected chi connectivity index (χ1v) is 3.67. The molecule has 0 fully saturated rings. The topological polar surface area (TPSA) is 64.9 Å². The second kappa shape index (κ2) is 2.70. The summed E-state index contributed by atoms with van der Waals surface area (Å²) < 4.78 is 0.931. The molecule has 0 saturated carbocycles. The predicted octanol–water partition coefficient (Wildman–Crippen LogP) is -1.16. The van der Waals surface area contributed by atoms with Crippen LogP contribution in [0.1, 0.15) is 5.01 Å². The highest BCUT2D eigenvalue weighted by Gasteiger charge is 1.90. The van der Waals surface area contributed by atoms with Gasteiger partial charge in [0.1, 0.15) is 0 Å². The minimum atomic E-state index is 0.769. The smallest absolute Gasteiger partial charge is 0.0984 e. The Hall–Kier alpha value is -1.03. The third-order valence-electron chi connectivity index (χ3n) is 1.10. The second-order valence-electron chi connectivity index (χ2n) is 1.82. The lowest BCUT2D eigenvalue weighted by atomic mass is 10.6. The zero-order chi connectivity index (χ0) is 7.56. The summed E-state index contributed by atoms with van der Waals surface area (Å²) in [6, 6.07) is 0. The van der Waals surface area contributed by atoms with Crippen LogP contribution in [-0.4, -0.2) is 4.98 Å². The lowest BCUT2D eigenvalue weighted by molar-refractivity contribution is 1.22. The molecule has 0 aliphatic heterocycles. The normalized spacial score (nSPS) is 14.5. The van der Waals surface area contributed by atoms with Gasteiger partial charge in [0, 0.05) is 12.4 Å². The molecule has 0 bridgehead atoms. The zero-order valence-electron chi connectivity index (χ0n) is 5.66. The fourth-order valence-corrected chi connectivity index (χ4v) is 1.45. The van der Waals surface area contributed by atoms with Crippen molar-refractivity contribution >= 4 is 23.7 Å². The van der Waals surface area contributed by atoms with Crippen molar-refractivity contribution in [3.05, 3.63) is 14.9 Å². The first kappa shape index (κ1) is 7.08. The minimum Gasteiger partial charge on any atom is -0.403 e. The van der Waals surface area contributed by atoms with Crippen LogP contribution in [0.25, 0.3) is 12.4 Å². The Morgan fingerprint density at radius 1 is 1.40 bits per heavy atom. The number of nitrogens with two attached hydrogens (primary N) is 2. The predicted molar refractivity (Wildman–Crippen MR) is 43.4 cm³/mol. The maximum atomic E-state index is 5.31. The fourth-order valence-electron chi connectivity index (χ4n) is 0.698. The van der Waals surface area contributed by atoms with Crippen molar-refractivity contribution in [2.75, 3.05) is 0 Å². The van der Waals surface area contributed by atoms with Crippen LogP contribution in [0.15, 0.2) is 0 Å². The number of aryl methyl sites for hydroxylation is 1. The molecule has 1 aromatic heterocycles. The summed E-state index contributed by atoms with van der Waals surface area (Å²) in [5, 5.41) is 1.75. The Kier molecular flexibility index (Phi) is 1.91. The molecule has 10 heavy (non-hydrogen) atoms. The Balaban J connectivity index is 3.53. The van der Waals surface area contributed by atoms with Crippen molar-refractivity contribution in [2.24, 2.45) is 11.5 Å². The Bertz CT molecular complexity index is 294. The van der Waals surface area contributed by atoms with Crippen LogP contribution in [0, 0.1) is 6.92 Å². The van der Waals surface area contributed by atoms with Gasteiger partial charge < -0.3 is 11.5 Å². The third kappa shape index (κ3) is 1.11. The van der Waals surface area contributed by atoms with Crippen LogP contribution in [0.5, 0.6) is 0 Å². The van der Waals surface area contributed by atoms with Crippen molar-refractivity contribution < 1.29 is 0 Å². The van der Waals surface area contributed by atoms with Crippen molar-refractivity contribution in [3.8, 4) is 0 Å². The van der Waals surface area contributed by atoms with E-state index >= 15 is 0 Å². The molecule has 1 aromatic rings. The average molecular weight is 155 g/mol. The van der Waals surface area contributed by atoms with E-state index in [2.05, 4.69) is 4.98 Å². The van der Waals surface area contributed by atoms with E-state index < -0.39 is 0 Å². The van der Waals surface area contributed by atoms with Gasteiger partial charge in [-0.2, -0.15) is 0 Å². The maximum absolute atomic E-state index is 5.31. The highest BCUT2D eigenvalue weighted by molar-refractivity contribution is 7.09. The van der Waals surface area contributed by atoms with Crippen LogP contribution < -0.4 is 21.3 Å². The molecule has 3 nitrogen and oxygen atoms in total. The van der Waals surface area contributed by atoms with Crippen LogP contribution >= 0.6 is 11.3 Å².